The SMILES string of the molecule is C[C@@H](NC(=O)c1ccccc1-n1cnnn1)c1nnc2ccccn12. The zero-order valence-electron chi connectivity index (χ0n) is 13.3. The molecule has 9 nitrogen and oxygen atoms in total. The first-order valence-electron chi connectivity index (χ1n) is 7.67. The summed E-state index contributed by atoms with van der Waals surface area (Å²) in [5, 5.41) is 22.3. The molecule has 25 heavy (non-hydrogen) atoms. The Kier molecular flexibility index (Phi) is 3.65. The van der Waals surface area contributed by atoms with E-state index in [1.165, 1.54) is 11.0 Å². The lowest BCUT2D eigenvalue weighted by Crippen LogP contribution is -2.29. The molecule has 4 rings (SSSR count). The number of carbonyl (C=O) groups excluding carboxylic acids is 1. The van der Waals surface area contributed by atoms with Crippen molar-refractivity contribution >= 4 is 11.6 Å². The third-order valence-corrected chi connectivity index (χ3v) is 3.82. The third-order valence-electron chi connectivity index (χ3n) is 3.82. The number of hydrogen-bond donors (Lipinski definition) is 1. The first-order chi connectivity index (χ1) is 12.2. The minimum absolute atomic E-state index is 0.244. The number of nitrogens with zero attached hydrogens (tertiary/aromatic N) is 7. The van der Waals surface area contributed by atoms with Gasteiger partial charge in [-0.3, -0.25) is 9.20 Å². The lowest BCUT2D eigenvalue weighted by Gasteiger charge is -2.14. The Balaban J connectivity index is 1.63. The fraction of sp³-hybridized carbons (Fsp3) is 0.125. The molecule has 0 radical (unpaired) electrons. The molecule has 0 spiro atoms. The van der Waals surface area contributed by atoms with Crippen LogP contribution >= 0.6 is 0 Å². The highest BCUT2D eigenvalue weighted by Crippen LogP contribution is 2.16. The molecule has 9 heteroatoms. The summed E-state index contributed by atoms with van der Waals surface area (Å²) in [6.45, 7) is 1.86. The van der Waals surface area contributed by atoms with Crippen LogP contribution < -0.4 is 5.32 Å². The fourth-order valence-electron chi connectivity index (χ4n) is 2.63. The average Bonchev–Trinajstić information content (AvgIpc) is 3.31. The number of para-hydroxylation sites is 1. The van der Waals surface area contributed by atoms with Crippen LogP contribution in [0.1, 0.15) is 29.1 Å². The molecule has 0 saturated carbocycles. The predicted octanol–water partition coefficient (Wildman–Crippen LogP) is 1.20. The fourth-order valence-corrected chi connectivity index (χ4v) is 2.63. The molecule has 0 aliphatic carbocycles. The van der Waals surface area contributed by atoms with Gasteiger partial charge in [0.25, 0.3) is 5.91 Å². The highest BCUT2D eigenvalue weighted by molar-refractivity contribution is 5.97. The van der Waals surface area contributed by atoms with Gasteiger partial charge in [-0.05, 0) is 41.6 Å². The lowest BCUT2D eigenvalue weighted by atomic mass is 10.1. The lowest BCUT2D eigenvalue weighted by molar-refractivity contribution is 0.0938. The van der Waals surface area contributed by atoms with Gasteiger partial charge in [0.15, 0.2) is 11.5 Å². The molecule has 0 saturated heterocycles. The van der Waals surface area contributed by atoms with E-state index >= 15 is 0 Å². The topological polar surface area (TPSA) is 103 Å². The van der Waals surface area contributed by atoms with Crippen molar-refractivity contribution in [3.05, 3.63) is 66.4 Å². The van der Waals surface area contributed by atoms with E-state index in [1.54, 1.807) is 18.2 Å². The smallest absolute Gasteiger partial charge is 0.254 e. The van der Waals surface area contributed by atoms with Gasteiger partial charge in [-0.1, -0.05) is 18.2 Å². The average molecular weight is 334 g/mol. The highest BCUT2D eigenvalue weighted by atomic mass is 16.1. The van der Waals surface area contributed by atoms with Gasteiger partial charge in [0.1, 0.15) is 6.33 Å². The molecule has 1 atom stereocenters. The van der Waals surface area contributed by atoms with Crippen molar-refractivity contribution in [3.8, 4) is 5.69 Å². The Labute approximate surface area is 142 Å². The van der Waals surface area contributed by atoms with E-state index in [9.17, 15) is 4.79 Å². The molecule has 3 aromatic heterocycles. The Bertz CT molecular complexity index is 1020. The number of fused-ring (bicyclic) bond motifs is 1. The molecule has 1 N–H and O–H groups in total. The maximum Gasteiger partial charge on any atom is 0.254 e. The van der Waals surface area contributed by atoms with Crippen molar-refractivity contribution in [2.45, 2.75) is 13.0 Å². The molecular formula is C16H14N8O. The van der Waals surface area contributed by atoms with Crippen LogP contribution in [0.15, 0.2) is 55.0 Å². The van der Waals surface area contributed by atoms with Crippen LogP contribution in [0.5, 0.6) is 0 Å². The summed E-state index contributed by atoms with van der Waals surface area (Å²) >= 11 is 0. The summed E-state index contributed by atoms with van der Waals surface area (Å²) in [5.74, 6) is 0.412. The van der Waals surface area contributed by atoms with Crippen LogP contribution in [0.4, 0.5) is 0 Å². The number of aromatic nitrogens is 7. The van der Waals surface area contributed by atoms with Gasteiger partial charge in [-0.2, -0.15) is 4.68 Å². The number of nitrogens with one attached hydrogen (secondary N) is 1. The van der Waals surface area contributed by atoms with Gasteiger partial charge in [0.05, 0.1) is 17.3 Å². The molecule has 3 heterocycles. The third kappa shape index (κ3) is 2.71. The van der Waals surface area contributed by atoms with Crippen molar-refractivity contribution in [1.82, 2.24) is 40.1 Å². The molecule has 0 unspecified atom stereocenters. The van der Waals surface area contributed by atoms with Crippen LogP contribution in [0, 0.1) is 0 Å². The minimum atomic E-state index is -0.327. The Hall–Kier alpha value is -3.62. The Morgan fingerprint density at radius 3 is 2.80 bits per heavy atom. The summed E-state index contributed by atoms with van der Waals surface area (Å²) < 4.78 is 3.30. The predicted molar refractivity (Wildman–Crippen MR) is 88.0 cm³/mol. The number of hydrogen-bond acceptors (Lipinski definition) is 6. The van der Waals surface area contributed by atoms with Gasteiger partial charge in [-0.25, -0.2) is 0 Å². The van der Waals surface area contributed by atoms with Crippen molar-refractivity contribution in [3.63, 3.8) is 0 Å². The maximum atomic E-state index is 12.8. The number of amides is 1. The molecule has 0 fully saturated rings. The molecule has 1 aromatic carbocycles. The summed E-state index contributed by atoms with van der Waals surface area (Å²) in [7, 11) is 0. The summed E-state index contributed by atoms with van der Waals surface area (Å²) in [4.78, 5) is 12.8. The van der Waals surface area contributed by atoms with Gasteiger partial charge >= 0.3 is 0 Å². The second kappa shape index (κ2) is 6.11. The second-order valence-electron chi connectivity index (χ2n) is 5.45. The monoisotopic (exact) mass is 334 g/mol. The largest absolute Gasteiger partial charge is 0.342 e. The summed E-state index contributed by atoms with van der Waals surface area (Å²) in [5.41, 5.74) is 1.80. The van der Waals surface area contributed by atoms with Gasteiger partial charge < -0.3 is 5.32 Å². The van der Waals surface area contributed by atoms with Crippen molar-refractivity contribution < 1.29 is 4.79 Å². The first kappa shape index (κ1) is 14.9. The maximum absolute atomic E-state index is 12.8. The molecule has 0 aliphatic rings. The van der Waals surface area contributed by atoms with E-state index in [4.69, 9.17) is 0 Å². The van der Waals surface area contributed by atoms with E-state index in [0.717, 1.165) is 5.65 Å². The van der Waals surface area contributed by atoms with Crippen molar-refractivity contribution in [1.29, 1.82) is 0 Å². The number of tetrazole rings is 1. The number of rotatable bonds is 4. The van der Waals surface area contributed by atoms with E-state index in [2.05, 4.69) is 31.0 Å². The Morgan fingerprint density at radius 2 is 1.96 bits per heavy atom. The van der Waals surface area contributed by atoms with Crippen LogP contribution in [-0.2, 0) is 0 Å². The Morgan fingerprint density at radius 1 is 1.12 bits per heavy atom. The molecule has 0 aliphatic heterocycles. The van der Waals surface area contributed by atoms with Gasteiger partial charge in [0.2, 0.25) is 0 Å². The van der Waals surface area contributed by atoms with Crippen LogP contribution in [0.25, 0.3) is 11.3 Å². The van der Waals surface area contributed by atoms with E-state index < -0.39 is 0 Å². The van der Waals surface area contributed by atoms with Crippen molar-refractivity contribution in [2.75, 3.05) is 0 Å². The number of carbonyl (C=O) groups is 1. The molecule has 4 aromatic rings. The van der Waals surface area contributed by atoms with E-state index in [-0.39, 0.29) is 11.9 Å². The quantitative estimate of drug-likeness (QED) is 0.601. The molecule has 1 amide bonds. The number of pyridine rings is 1. The molecule has 0 bridgehead atoms. The van der Waals surface area contributed by atoms with Gasteiger partial charge in [0, 0.05) is 6.20 Å². The summed E-state index contributed by atoms with van der Waals surface area (Å²) in [6.07, 6.45) is 3.31. The van der Waals surface area contributed by atoms with E-state index in [1.807, 2.05) is 41.8 Å². The van der Waals surface area contributed by atoms with Gasteiger partial charge in [-0.15, -0.1) is 15.3 Å². The normalized spacial score (nSPS) is 12.2. The second-order valence-corrected chi connectivity index (χ2v) is 5.45. The van der Waals surface area contributed by atoms with Crippen LogP contribution in [0.3, 0.4) is 0 Å². The first-order valence-corrected chi connectivity index (χ1v) is 7.67. The summed E-state index contributed by atoms with van der Waals surface area (Å²) in [6, 6.07) is 12.4. The highest BCUT2D eigenvalue weighted by Gasteiger charge is 2.19. The van der Waals surface area contributed by atoms with Crippen LogP contribution in [-0.4, -0.2) is 40.7 Å². The van der Waals surface area contributed by atoms with Crippen LogP contribution in [0.2, 0.25) is 0 Å². The standard InChI is InChI=1S/C16H14N8O/c1-11(15-20-19-14-8-4-5-9-23(14)15)18-16(25)12-6-2-3-7-13(12)24-10-17-21-22-24/h2-11H,1H3,(H,18,25)/t11-/m1/s1. The minimum Gasteiger partial charge on any atom is -0.342 e. The van der Waals surface area contributed by atoms with Crippen molar-refractivity contribution in [2.24, 2.45) is 0 Å². The molecular weight excluding hydrogens is 320 g/mol. The number of benzene rings is 1. The zero-order valence-corrected chi connectivity index (χ0v) is 13.3. The zero-order chi connectivity index (χ0) is 17.2. The molecule has 124 valence electrons. The van der Waals surface area contributed by atoms with E-state index in [0.29, 0.717) is 17.1 Å².